The summed E-state index contributed by atoms with van der Waals surface area (Å²) in [6, 6.07) is 36.3. The highest BCUT2D eigenvalue weighted by Gasteiger charge is 2.36. The molecule has 0 saturated carbocycles. The minimum absolute atomic E-state index is 0.0645. The topological polar surface area (TPSA) is 17.1 Å². The Kier molecular flexibility index (Phi) is 3.50. The van der Waals surface area contributed by atoms with Gasteiger partial charge in [-0.3, -0.25) is 0 Å². The van der Waals surface area contributed by atoms with Gasteiger partial charge in [0, 0.05) is 9.79 Å². The highest BCUT2D eigenvalue weighted by molar-refractivity contribution is 7.86. The van der Waals surface area contributed by atoms with Crippen LogP contribution in [0.15, 0.2) is 113 Å². The first kappa shape index (κ1) is 17.3. The van der Waals surface area contributed by atoms with Crippen molar-refractivity contribution in [3.63, 3.8) is 0 Å². The molecule has 1 heterocycles. The number of hydrogen-bond acceptors (Lipinski definition) is 1. The fraction of sp³-hybridized carbons (Fsp3) is 0. The van der Waals surface area contributed by atoms with Crippen molar-refractivity contribution in [2.24, 2.45) is 0 Å². The van der Waals surface area contributed by atoms with Crippen LogP contribution in [-0.4, -0.2) is 10.9 Å². The van der Waals surface area contributed by atoms with Gasteiger partial charge in [0.25, 0.3) is 0 Å². The first-order chi connectivity index (χ1) is 15.3. The van der Waals surface area contributed by atoms with Gasteiger partial charge in [0.2, 0.25) is 6.71 Å². The van der Waals surface area contributed by atoms with Gasteiger partial charge < -0.3 is 0 Å². The van der Waals surface area contributed by atoms with Crippen LogP contribution in [0.4, 0.5) is 0 Å². The summed E-state index contributed by atoms with van der Waals surface area (Å²) in [5.74, 6) is 0. The zero-order valence-electron chi connectivity index (χ0n) is 16.7. The van der Waals surface area contributed by atoms with Crippen LogP contribution in [-0.2, 0) is 10.8 Å². The second kappa shape index (κ2) is 6.29. The Labute approximate surface area is 183 Å². The van der Waals surface area contributed by atoms with E-state index in [0.29, 0.717) is 0 Å². The van der Waals surface area contributed by atoms with Crippen LogP contribution in [0.2, 0.25) is 0 Å². The Morgan fingerprint density at radius 3 is 2.13 bits per heavy atom. The summed E-state index contributed by atoms with van der Waals surface area (Å²) < 4.78 is 13.8. The van der Waals surface area contributed by atoms with Crippen LogP contribution in [0.1, 0.15) is 0 Å². The van der Waals surface area contributed by atoms with E-state index in [1.807, 2.05) is 12.1 Å². The Balaban J connectivity index is 1.70. The highest BCUT2D eigenvalue weighted by atomic mass is 32.2. The second-order valence-corrected chi connectivity index (χ2v) is 9.71. The molecule has 0 bridgehead atoms. The van der Waals surface area contributed by atoms with Gasteiger partial charge in [-0.15, -0.1) is 0 Å². The van der Waals surface area contributed by atoms with E-state index in [0.717, 1.165) is 20.6 Å². The average Bonchev–Trinajstić information content (AvgIpc) is 2.83. The lowest BCUT2D eigenvalue weighted by molar-refractivity contribution is 0.684. The molecule has 1 unspecified atom stereocenters. The maximum Gasteiger partial charge on any atom is 0.245 e. The average molecular weight is 412 g/mol. The Hall–Kier alpha value is -3.43. The first-order valence-corrected chi connectivity index (χ1v) is 11.7. The summed E-state index contributed by atoms with van der Waals surface area (Å²) in [7, 11) is -1.20. The lowest BCUT2D eigenvalue weighted by atomic mass is 9.36. The van der Waals surface area contributed by atoms with Crippen LogP contribution in [0.5, 0.6) is 0 Å². The zero-order chi connectivity index (χ0) is 20.5. The van der Waals surface area contributed by atoms with E-state index in [4.69, 9.17) is 0 Å². The molecular weight excluding hydrogens is 395 g/mol. The molecule has 0 saturated heterocycles. The highest BCUT2D eigenvalue weighted by Crippen LogP contribution is 2.36. The van der Waals surface area contributed by atoms with Crippen LogP contribution in [0, 0.1) is 0 Å². The molecule has 0 aliphatic carbocycles. The molecule has 7 rings (SSSR count). The molecule has 1 nitrogen and oxygen atoms in total. The Morgan fingerprint density at radius 1 is 0.581 bits per heavy atom. The fourth-order valence-corrected chi connectivity index (χ4v) is 6.91. The maximum absolute atomic E-state index is 13.8. The van der Waals surface area contributed by atoms with Gasteiger partial charge in [-0.05, 0) is 49.9 Å². The van der Waals surface area contributed by atoms with Gasteiger partial charge in [0.1, 0.15) is 0 Å². The number of fused-ring (bicyclic) bond motifs is 3. The predicted molar refractivity (Wildman–Crippen MR) is 132 cm³/mol. The minimum Gasteiger partial charge on any atom is -0.249 e. The molecule has 0 aromatic heterocycles. The monoisotopic (exact) mass is 412 g/mol. The molecule has 6 aromatic carbocycles. The van der Waals surface area contributed by atoms with Gasteiger partial charge in [-0.1, -0.05) is 102 Å². The molecule has 31 heavy (non-hydrogen) atoms. The van der Waals surface area contributed by atoms with E-state index >= 15 is 0 Å². The van der Waals surface area contributed by atoms with E-state index in [1.54, 1.807) is 0 Å². The van der Waals surface area contributed by atoms with Crippen LogP contribution in [0.25, 0.3) is 32.3 Å². The number of benzene rings is 6. The molecule has 0 N–H and O–H groups in total. The molecule has 6 aromatic rings. The molecule has 1 aliphatic rings. The molecule has 0 fully saturated rings. The Bertz CT molecular complexity index is 1640. The quantitative estimate of drug-likeness (QED) is 0.285. The summed E-state index contributed by atoms with van der Waals surface area (Å²) >= 11 is 0. The summed E-state index contributed by atoms with van der Waals surface area (Å²) in [6.45, 7) is 0.0645. The molecule has 3 heteroatoms. The van der Waals surface area contributed by atoms with Gasteiger partial charge in [0.05, 0.1) is 10.8 Å². The zero-order valence-corrected chi connectivity index (χ0v) is 17.5. The summed E-state index contributed by atoms with van der Waals surface area (Å²) in [5.41, 5.74) is 3.58. The first-order valence-electron chi connectivity index (χ1n) is 10.6. The van der Waals surface area contributed by atoms with Crippen molar-refractivity contribution >= 4 is 66.2 Å². The Morgan fingerprint density at radius 2 is 1.29 bits per heavy atom. The molecule has 0 spiro atoms. The van der Waals surface area contributed by atoms with Crippen LogP contribution >= 0.6 is 0 Å². The van der Waals surface area contributed by atoms with Crippen LogP contribution in [0.3, 0.4) is 0 Å². The van der Waals surface area contributed by atoms with Crippen molar-refractivity contribution in [3.05, 3.63) is 103 Å². The van der Waals surface area contributed by atoms with Crippen molar-refractivity contribution in [3.8, 4) is 0 Å². The van der Waals surface area contributed by atoms with Gasteiger partial charge >= 0.3 is 0 Å². The van der Waals surface area contributed by atoms with E-state index < -0.39 is 10.8 Å². The van der Waals surface area contributed by atoms with E-state index in [-0.39, 0.29) is 6.71 Å². The summed E-state index contributed by atoms with van der Waals surface area (Å²) in [6.07, 6.45) is 0. The maximum atomic E-state index is 13.8. The van der Waals surface area contributed by atoms with Crippen molar-refractivity contribution in [2.45, 2.75) is 9.79 Å². The van der Waals surface area contributed by atoms with Gasteiger partial charge in [0.15, 0.2) is 0 Å². The third-order valence-corrected chi connectivity index (χ3v) is 8.21. The van der Waals surface area contributed by atoms with E-state index in [9.17, 15) is 4.21 Å². The number of hydrogen-bond donors (Lipinski definition) is 0. The second-order valence-electron chi connectivity index (χ2n) is 8.29. The predicted octanol–water partition coefficient (Wildman–Crippen LogP) is 4.58. The van der Waals surface area contributed by atoms with Crippen molar-refractivity contribution in [1.29, 1.82) is 0 Å². The SMILES string of the molecule is O=S1c2ccccc2B(c2ccccc2)c2c1cc1ccc3cccc4ccc2c1c34. The standard InChI is InChI=1S/C28H17BOS/c30-31-24-12-5-4-11-23(24)29(21-9-2-1-3-10-21)28-22-16-15-19-8-6-7-18-13-14-20(17-25(28)31)27(22)26(18)19/h1-17H. The fourth-order valence-electron chi connectivity index (χ4n) is 5.41. The van der Waals surface area contributed by atoms with Crippen molar-refractivity contribution < 1.29 is 4.21 Å². The normalized spacial score (nSPS) is 15.5. The smallest absolute Gasteiger partial charge is 0.245 e. The lowest BCUT2D eigenvalue weighted by Crippen LogP contribution is -2.57. The number of rotatable bonds is 1. The van der Waals surface area contributed by atoms with E-state index in [2.05, 4.69) is 91.0 Å². The molecule has 1 atom stereocenters. The van der Waals surface area contributed by atoms with Crippen molar-refractivity contribution in [1.82, 2.24) is 0 Å². The third-order valence-electron chi connectivity index (χ3n) is 6.70. The van der Waals surface area contributed by atoms with Gasteiger partial charge in [-0.2, -0.15) is 0 Å². The van der Waals surface area contributed by atoms with Crippen molar-refractivity contribution in [2.75, 3.05) is 0 Å². The van der Waals surface area contributed by atoms with Crippen LogP contribution < -0.4 is 16.4 Å². The summed E-state index contributed by atoms with van der Waals surface area (Å²) in [5, 5.41) is 7.47. The third kappa shape index (κ3) is 2.30. The molecule has 1 aliphatic heterocycles. The molecular formula is C28H17BOS. The van der Waals surface area contributed by atoms with E-state index in [1.165, 1.54) is 37.9 Å². The largest absolute Gasteiger partial charge is 0.249 e. The lowest BCUT2D eigenvalue weighted by Gasteiger charge is -2.28. The molecule has 0 radical (unpaired) electrons. The summed E-state index contributed by atoms with van der Waals surface area (Å²) in [4.78, 5) is 1.87. The van der Waals surface area contributed by atoms with Gasteiger partial charge in [-0.25, -0.2) is 4.21 Å². The molecule has 144 valence electrons. The molecule has 0 amide bonds. The minimum atomic E-state index is -1.20.